The smallest absolute Gasteiger partial charge is 0.293 e. The fourth-order valence-corrected chi connectivity index (χ4v) is 2.73. The van der Waals surface area contributed by atoms with Gasteiger partial charge in [0.15, 0.2) is 0 Å². The molecule has 0 unspecified atom stereocenters. The van der Waals surface area contributed by atoms with Crippen LogP contribution in [0, 0.1) is 5.82 Å². The van der Waals surface area contributed by atoms with Crippen molar-refractivity contribution in [1.82, 2.24) is 4.90 Å². The summed E-state index contributed by atoms with van der Waals surface area (Å²) in [6.45, 7) is 0.125. The lowest BCUT2D eigenvalue weighted by Gasteiger charge is -2.12. The van der Waals surface area contributed by atoms with Crippen LogP contribution in [0.3, 0.4) is 0 Å². The van der Waals surface area contributed by atoms with Gasteiger partial charge in [-0.25, -0.2) is 4.39 Å². The summed E-state index contributed by atoms with van der Waals surface area (Å²) in [5.74, 6) is -0.210. The number of nitrogens with zero attached hydrogens (tertiary/aromatic N) is 1. The van der Waals surface area contributed by atoms with E-state index in [1.54, 1.807) is 24.3 Å². The standard InChI is InChI=1S/C15H10FNO3S/c16-11-5-3-10(4-6-11)9-17-14(18)13(21-15(17)19)8-12-2-1-7-20-12/h1-8H,9H2. The van der Waals surface area contributed by atoms with E-state index in [1.165, 1.54) is 24.5 Å². The fourth-order valence-electron chi connectivity index (χ4n) is 1.91. The van der Waals surface area contributed by atoms with Crippen molar-refractivity contribution in [3.63, 3.8) is 0 Å². The van der Waals surface area contributed by atoms with Crippen LogP contribution in [0.5, 0.6) is 0 Å². The zero-order valence-corrected chi connectivity index (χ0v) is 11.6. The first-order chi connectivity index (χ1) is 10.1. The van der Waals surface area contributed by atoms with Crippen molar-refractivity contribution in [2.24, 2.45) is 0 Å². The summed E-state index contributed by atoms with van der Waals surface area (Å²) < 4.78 is 18.0. The van der Waals surface area contributed by atoms with Crippen molar-refractivity contribution >= 4 is 29.0 Å². The Morgan fingerprint density at radius 2 is 1.95 bits per heavy atom. The molecule has 106 valence electrons. The zero-order valence-electron chi connectivity index (χ0n) is 10.8. The maximum Gasteiger partial charge on any atom is 0.293 e. The van der Waals surface area contributed by atoms with Crippen LogP contribution in [-0.4, -0.2) is 16.0 Å². The van der Waals surface area contributed by atoms with E-state index in [0.29, 0.717) is 16.2 Å². The van der Waals surface area contributed by atoms with Crippen LogP contribution >= 0.6 is 11.8 Å². The van der Waals surface area contributed by atoms with E-state index >= 15 is 0 Å². The number of benzene rings is 1. The summed E-state index contributed by atoms with van der Waals surface area (Å²) >= 11 is 0.867. The number of rotatable bonds is 3. The first kappa shape index (κ1) is 13.6. The second-order valence-electron chi connectivity index (χ2n) is 4.41. The summed E-state index contributed by atoms with van der Waals surface area (Å²) in [7, 11) is 0. The second kappa shape index (κ2) is 5.57. The molecular formula is C15H10FNO3S. The van der Waals surface area contributed by atoms with E-state index in [1.807, 2.05) is 0 Å². The lowest BCUT2D eigenvalue weighted by Crippen LogP contribution is -2.27. The third-order valence-corrected chi connectivity index (χ3v) is 3.85. The summed E-state index contributed by atoms with van der Waals surface area (Å²) in [5, 5.41) is -0.345. The highest BCUT2D eigenvalue weighted by Crippen LogP contribution is 2.33. The van der Waals surface area contributed by atoms with Gasteiger partial charge in [-0.15, -0.1) is 0 Å². The molecule has 6 heteroatoms. The van der Waals surface area contributed by atoms with Crippen molar-refractivity contribution in [3.8, 4) is 0 Å². The molecule has 1 aliphatic rings. The second-order valence-corrected chi connectivity index (χ2v) is 5.40. The average Bonchev–Trinajstić information content (AvgIpc) is 3.06. The number of imide groups is 1. The van der Waals surface area contributed by atoms with Gasteiger partial charge in [0, 0.05) is 6.08 Å². The molecule has 21 heavy (non-hydrogen) atoms. The van der Waals surface area contributed by atoms with Crippen LogP contribution in [0.25, 0.3) is 6.08 Å². The highest BCUT2D eigenvalue weighted by atomic mass is 32.2. The molecule has 1 fully saturated rings. The van der Waals surface area contributed by atoms with Gasteiger partial charge >= 0.3 is 0 Å². The molecule has 0 spiro atoms. The van der Waals surface area contributed by atoms with Gasteiger partial charge in [0.05, 0.1) is 17.7 Å². The van der Waals surface area contributed by atoms with Crippen molar-refractivity contribution in [3.05, 3.63) is 64.7 Å². The predicted octanol–water partition coefficient (Wildman–Crippen LogP) is 3.66. The molecule has 0 atom stereocenters. The van der Waals surface area contributed by atoms with Gasteiger partial charge in [0.1, 0.15) is 11.6 Å². The third-order valence-electron chi connectivity index (χ3n) is 2.94. The Bertz CT molecular complexity index is 707. The number of carbonyl (C=O) groups is 2. The lowest BCUT2D eigenvalue weighted by atomic mass is 10.2. The minimum absolute atomic E-state index is 0.125. The molecule has 1 saturated heterocycles. The molecule has 2 amide bonds. The summed E-state index contributed by atoms with van der Waals surface area (Å²) in [5.41, 5.74) is 0.693. The van der Waals surface area contributed by atoms with E-state index in [2.05, 4.69) is 0 Å². The quantitative estimate of drug-likeness (QED) is 0.812. The molecule has 2 heterocycles. The predicted molar refractivity (Wildman–Crippen MR) is 76.6 cm³/mol. The maximum absolute atomic E-state index is 12.9. The number of furan rings is 1. The Labute approximate surface area is 124 Å². The Morgan fingerprint density at radius 3 is 2.62 bits per heavy atom. The monoisotopic (exact) mass is 303 g/mol. The summed E-state index contributed by atoms with van der Waals surface area (Å²) in [6.07, 6.45) is 3.03. The van der Waals surface area contributed by atoms with Gasteiger partial charge in [0.25, 0.3) is 11.1 Å². The molecule has 0 bridgehead atoms. The zero-order chi connectivity index (χ0) is 14.8. The number of carbonyl (C=O) groups excluding carboxylic acids is 2. The highest BCUT2D eigenvalue weighted by molar-refractivity contribution is 8.18. The average molecular weight is 303 g/mol. The number of hydrogen-bond acceptors (Lipinski definition) is 4. The fraction of sp³-hybridized carbons (Fsp3) is 0.0667. The number of amides is 2. The molecule has 3 rings (SSSR count). The highest BCUT2D eigenvalue weighted by Gasteiger charge is 2.35. The summed E-state index contributed by atoms with van der Waals surface area (Å²) in [6, 6.07) is 9.10. The Hall–Kier alpha value is -2.34. The molecule has 4 nitrogen and oxygen atoms in total. The number of hydrogen-bond donors (Lipinski definition) is 0. The van der Waals surface area contributed by atoms with Gasteiger partial charge < -0.3 is 4.42 Å². The number of thioether (sulfide) groups is 1. The van der Waals surface area contributed by atoms with Crippen molar-refractivity contribution < 1.29 is 18.4 Å². The summed E-state index contributed by atoms with van der Waals surface area (Å²) in [4.78, 5) is 25.6. The van der Waals surface area contributed by atoms with Crippen molar-refractivity contribution in [1.29, 1.82) is 0 Å². The van der Waals surface area contributed by atoms with Crippen molar-refractivity contribution in [2.45, 2.75) is 6.54 Å². The van der Waals surface area contributed by atoms with E-state index in [4.69, 9.17) is 4.42 Å². The molecule has 2 aromatic rings. The van der Waals surface area contributed by atoms with Crippen LogP contribution in [0.15, 0.2) is 52.0 Å². The molecule has 1 aromatic carbocycles. The molecule has 1 aromatic heterocycles. The first-order valence-electron chi connectivity index (χ1n) is 6.17. The molecule has 0 N–H and O–H groups in total. The third kappa shape index (κ3) is 2.90. The van der Waals surface area contributed by atoms with E-state index in [9.17, 15) is 14.0 Å². The molecule has 1 aliphatic heterocycles. The molecular weight excluding hydrogens is 293 g/mol. The number of halogens is 1. The van der Waals surface area contributed by atoms with Crippen LogP contribution in [0.1, 0.15) is 11.3 Å². The lowest BCUT2D eigenvalue weighted by molar-refractivity contribution is -0.123. The van der Waals surface area contributed by atoms with E-state index in [0.717, 1.165) is 16.7 Å². The van der Waals surface area contributed by atoms with E-state index < -0.39 is 0 Å². The Balaban J connectivity index is 1.79. The Morgan fingerprint density at radius 1 is 1.19 bits per heavy atom. The van der Waals surface area contributed by atoms with Gasteiger partial charge in [0.2, 0.25) is 0 Å². The minimum atomic E-state index is -0.370. The van der Waals surface area contributed by atoms with Crippen LogP contribution < -0.4 is 0 Å². The van der Waals surface area contributed by atoms with Crippen LogP contribution in [-0.2, 0) is 11.3 Å². The van der Waals surface area contributed by atoms with Gasteiger partial charge in [-0.1, -0.05) is 12.1 Å². The topological polar surface area (TPSA) is 50.5 Å². The minimum Gasteiger partial charge on any atom is -0.465 e. The van der Waals surface area contributed by atoms with Crippen molar-refractivity contribution in [2.75, 3.05) is 0 Å². The molecule has 0 aliphatic carbocycles. The first-order valence-corrected chi connectivity index (χ1v) is 6.98. The SMILES string of the molecule is O=C1SC(=Cc2ccco2)C(=O)N1Cc1ccc(F)cc1. The van der Waals surface area contributed by atoms with Crippen LogP contribution in [0.4, 0.5) is 9.18 Å². The molecule has 0 saturated carbocycles. The largest absolute Gasteiger partial charge is 0.465 e. The normalized spacial score (nSPS) is 17.0. The van der Waals surface area contributed by atoms with Gasteiger partial charge in [-0.05, 0) is 41.6 Å². The van der Waals surface area contributed by atoms with E-state index in [-0.39, 0.29) is 23.5 Å². The van der Waals surface area contributed by atoms with Crippen LogP contribution in [0.2, 0.25) is 0 Å². The van der Waals surface area contributed by atoms with Gasteiger partial charge in [-0.2, -0.15) is 0 Å². The Kier molecular flexibility index (Phi) is 3.62. The maximum atomic E-state index is 12.9. The van der Waals surface area contributed by atoms with Gasteiger partial charge in [-0.3, -0.25) is 14.5 Å². The molecule has 0 radical (unpaired) electrons.